The minimum absolute atomic E-state index is 0.0729. The van der Waals surface area contributed by atoms with Crippen molar-refractivity contribution in [2.24, 2.45) is 0 Å². The van der Waals surface area contributed by atoms with E-state index in [1.54, 1.807) is 42.6 Å². The number of carbonyl (C=O) groups is 1. The Morgan fingerprint density at radius 3 is 2.81 bits per heavy atom. The number of nitrogens with zero attached hydrogens (tertiary/aromatic N) is 2. The molecule has 138 valence electrons. The van der Waals surface area contributed by atoms with Crippen LogP contribution in [-0.2, 0) is 9.84 Å². The monoisotopic (exact) mass is 393 g/mol. The summed E-state index contributed by atoms with van der Waals surface area (Å²) < 4.78 is 23.6. The van der Waals surface area contributed by atoms with Gasteiger partial charge in [-0.05, 0) is 43.7 Å². The Morgan fingerprint density at radius 2 is 2.15 bits per heavy atom. The predicted molar refractivity (Wildman–Crippen MR) is 104 cm³/mol. The molecule has 1 N–H and O–H groups in total. The van der Waals surface area contributed by atoms with Gasteiger partial charge in [-0.3, -0.25) is 9.78 Å². The van der Waals surface area contributed by atoms with E-state index < -0.39 is 9.84 Å². The minimum Gasteiger partial charge on any atom is -0.368 e. The molecule has 3 rings (SSSR count). The summed E-state index contributed by atoms with van der Waals surface area (Å²) in [4.78, 5) is 18.6. The summed E-state index contributed by atoms with van der Waals surface area (Å²) in [5.74, 6) is 0.0124. The highest BCUT2D eigenvalue weighted by Crippen LogP contribution is 2.25. The van der Waals surface area contributed by atoms with Gasteiger partial charge in [-0.1, -0.05) is 17.7 Å². The molecule has 0 bridgehead atoms. The van der Waals surface area contributed by atoms with Crippen LogP contribution in [0.3, 0.4) is 0 Å². The van der Waals surface area contributed by atoms with E-state index in [2.05, 4.69) is 10.3 Å². The molecule has 26 heavy (non-hydrogen) atoms. The van der Waals surface area contributed by atoms with E-state index in [1.807, 2.05) is 11.8 Å². The Morgan fingerprint density at radius 1 is 1.35 bits per heavy atom. The number of halogens is 1. The minimum atomic E-state index is -2.98. The zero-order valence-corrected chi connectivity index (χ0v) is 15.9. The van der Waals surface area contributed by atoms with Crippen LogP contribution in [0, 0.1) is 0 Å². The van der Waals surface area contributed by atoms with Gasteiger partial charge in [-0.15, -0.1) is 0 Å². The molecular formula is C18H20ClN3O3S. The summed E-state index contributed by atoms with van der Waals surface area (Å²) in [5.41, 5.74) is 1.64. The van der Waals surface area contributed by atoms with E-state index in [0.717, 1.165) is 5.69 Å². The average Bonchev–Trinajstić information content (AvgIpc) is 2.95. The number of nitrogens with one attached hydrogen (secondary N) is 1. The Kier molecular flexibility index (Phi) is 5.48. The highest BCUT2D eigenvalue weighted by molar-refractivity contribution is 7.91. The second-order valence-corrected chi connectivity index (χ2v) is 8.87. The molecule has 1 amide bonds. The SMILES string of the molecule is CCN(c1ccnc(C(=O)Nc2cccc(Cl)c2)c1)C1CCS(=O)(=O)C1. The number of benzene rings is 1. The maximum absolute atomic E-state index is 12.5. The van der Waals surface area contributed by atoms with E-state index >= 15 is 0 Å². The lowest BCUT2D eigenvalue weighted by Crippen LogP contribution is -2.36. The molecule has 2 aromatic rings. The van der Waals surface area contributed by atoms with Crippen molar-refractivity contribution in [2.45, 2.75) is 19.4 Å². The van der Waals surface area contributed by atoms with Gasteiger partial charge in [-0.2, -0.15) is 0 Å². The molecule has 1 aliphatic rings. The lowest BCUT2D eigenvalue weighted by molar-refractivity contribution is 0.102. The van der Waals surface area contributed by atoms with Crippen molar-refractivity contribution in [3.8, 4) is 0 Å². The zero-order chi connectivity index (χ0) is 18.7. The highest BCUT2D eigenvalue weighted by atomic mass is 35.5. The molecular weight excluding hydrogens is 374 g/mol. The number of anilines is 2. The number of carbonyl (C=O) groups excluding carboxylic acids is 1. The molecule has 1 unspecified atom stereocenters. The Labute approximate surface area is 158 Å². The van der Waals surface area contributed by atoms with Crippen molar-refractivity contribution in [1.29, 1.82) is 0 Å². The molecule has 0 aliphatic carbocycles. The molecule has 1 saturated heterocycles. The summed E-state index contributed by atoms with van der Waals surface area (Å²) in [5, 5.41) is 3.30. The van der Waals surface area contributed by atoms with E-state index in [4.69, 9.17) is 11.6 Å². The molecule has 0 saturated carbocycles. The third kappa shape index (κ3) is 4.34. The topological polar surface area (TPSA) is 79.4 Å². The molecule has 8 heteroatoms. The molecule has 1 atom stereocenters. The summed E-state index contributed by atoms with van der Waals surface area (Å²) >= 11 is 5.93. The number of hydrogen-bond acceptors (Lipinski definition) is 5. The van der Waals surface area contributed by atoms with Crippen LogP contribution in [0.4, 0.5) is 11.4 Å². The lowest BCUT2D eigenvalue weighted by Gasteiger charge is -2.29. The Hall–Kier alpha value is -2.12. The molecule has 1 aliphatic heterocycles. The van der Waals surface area contributed by atoms with Crippen molar-refractivity contribution in [3.05, 3.63) is 53.3 Å². The average molecular weight is 394 g/mol. The second-order valence-electron chi connectivity index (χ2n) is 6.21. The van der Waals surface area contributed by atoms with Gasteiger partial charge in [0.25, 0.3) is 5.91 Å². The van der Waals surface area contributed by atoms with Crippen molar-refractivity contribution >= 4 is 38.7 Å². The molecule has 6 nitrogen and oxygen atoms in total. The molecule has 0 spiro atoms. The summed E-state index contributed by atoms with van der Waals surface area (Å²) in [6.07, 6.45) is 2.16. The van der Waals surface area contributed by atoms with E-state index in [0.29, 0.717) is 23.7 Å². The Balaban J connectivity index is 1.79. The van der Waals surface area contributed by atoms with Crippen molar-refractivity contribution < 1.29 is 13.2 Å². The van der Waals surface area contributed by atoms with Gasteiger partial charge in [0, 0.05) is 35.2 Å². The molecule has 1 aromatic heterocycles. The molecule has 1 aromatic carbocycles. The van der Waals surface area contributed by atoms with Crippen LogP contribution in [0.1, 0.15) is 23.8 Å². The van der Waals surface area contributed by atoms with E-state index in [1.165, 1.54) is 0 Å². The van der Waals surface area contributed by atoms with Crippen molar-refractivity contribution in [2.75, 3.05) is 28.3 Å². The van der Waals surface area contributed by atoms with Crippen LogP contribution < -0.4 is 10.2 Å². The van der Waals surface area contributed by atoms with Gasteiger partial charge in [0.15, 0.2) is 9.84 Å². The molecule has 1 fully saturated rings. The van der Waals surface area contributed by atoms with Crippen molar-refractivity contribution in [3.63, 3.8) is 0 Å². The van der Waals surface area contributed by atoms with Gasteiger partial charge in [0.2, 0.25) is 0 Å². The second kappa shape index (κ2) is 7.63. The predicted octanol–water partition coefficient (Wildman–Crippen LogP) is 3.00. The van der Waals surface area contributed by atoms with Crippen LogP contribution in [0.25, 0.3) is 0 Å². The third-order valence-corrected chi connectivity index (χ3v) is 6.37. The summed E-state index contributed by atoms with van der Waals surface area (Å²) in [6.45, 7) is 2.62. The van der Waals surface area contributed by atoms with Gasteiger partial charge in [-0.25, -0.2) is 8.42 Å². The Bertz CT molecular complexity index is 917. The number of aromatic nitrogens is 1. The van der Waals surface area contributed by atoms with Crippen LogP contribution in [0.2, 0.25) is 5.02 Å². The summed E-state index contributed by atoms with van der Waals surface area (Å²) in [6, 6.07) is 10.3. The van der Waals surface area contributed by atoms with Crippen LogP contribution in [0.5, 0.6) is 0 Å². The molecule has 2 heterocycles. The number of hydrogen-bond donors (Lipinski definition) is 1. The normalized spacial score (nSPS) is 18.5. The van der Waals surface area contributed by atoms with E-state index in [-0.39, 0.29) is 29.1 Å². The van der Waals surface area contributed by atoms with Crippen molar-refractivity contribution in [1.82, 2.24) is 4.98 Å². The number of sulfone groups is 1. The van der Waals surface area contributed by atoms with Gasteiger partial charge < -0.3 is 10.2 Å². The maximum atomic E-state index is 12.5. The third-order valence-electron chi connectivity index (χ3n) is 4.38. The number of pyridine rings is 1. The quantitative estimate of drug-likeness (QED) is 0.844. The fourth-order valence-corrected chi connectivity index (χ4v) is 5.08. The summed E-state index contributed by atoms with van der Waals surface area (Å²) in [7, 11) is -2.98. The van der Waals surface area contributed by atoms with Gasteiger partial charge >= 0.3 is 0 Å². The number of amides is 1. The largest absolute Gasteiger partial charge is 0.368 e. The van der Waals surface area contributed by atoms with Gasteiger partial charge in [0.1, 0.15) is 5.69 Å². The standard InChI is InChI=1S/C18H20ClN3O3S/c1-2-22(16-7-9-26(24,25)12-16)15-6-8-20-17(11-15)18(23)21-14-5-3-4-13(19)10-14/h3-6,8,10-11,16H,2,7,9,12H2,1H3,(H,21,23). The van der Waals surface area contributed by atoms with Crippen LogP contribution in [-0.4, -0.2) is 43.4 Å². The van der Waals surface area contributed by atoms with Crippen LogP contribution in [0.15, 0.2) is 42.6 Å². The van der Waals surface area contributed by atoms with Gasteiger partial charge in [0.05, 0.1) is 11.5 Å². The fraction of sp³-hybridized carbons (Fsp3) is 0.333. The van der Waals surface area contributed by atoms with Crippen LogP contribution >= 0.6 is 11.6 Å². The lowest BCUT2D eigenvalue weighted by atomic mass is 10.2. The smallest absolute Gasteiger partial charge is 0.274 e. The zero-order valence-electron chi connectivity index (χ0n) is 14.4. The maximum Gasteiger partial charge on any atom is 0.274 e. The highest BCUT2D eigenvalue weighted by Gasteiger charge is 2.32. The first-order valence-corrected chi connectivity index (χ1v) is 10.6. The first-order chi connectivity index (χ1) is 12.4. The fourth-order valence-electron chi connectivity index (χ4n) is 3.16. The van der Waals surface area contributed by atoms with E-state index in [9.17, 15) is 13.2 Å². The first kappa shape index (κ1) is 18.7. The number of rotatable bonds is 5. The first-order valence-electron chi connectivity index (χ1n) is 8.38. The molecule has 0 radical (unpaired) electrons.